The van der Waals surface area contributed by atoms with Gasteiger partial charge in [0.15, 0.2) is 0 Å². The van der Waals surface area contributed by atoms with Crippen LogP contribution < -0.4 is 19.7 Å². The van der Waals surface area contributed by atoms with Crippen molar-refractivity contribution < 1.29 is 19.1 Å². The minimum absolute atomic E-state index is 0.113. The van der Waals surface area contributed by atoms with Crippen LogP contribution in [-0.4, -0.2) is 42.8 Å². The Labute approximate surface area is 193 Å². The van der Waals surface area contributed by atoms with Crippen LogP contribution >= 0.6 is 23.1 Å². The summed E-state index contributed by atoms with van der Waals surface area (Å²) >= 11 is 3.00. The van der Waals surface area contributed by atoms with Gasteiger partial charge in [0.25, 0.3) is 0 Å². The molecule has 0 unspecified atom stereocenters. The van der Waals surface area contributed by atoms with Gasteiger partial charge in [0, 0.05) is 23.9 Å². The Morgan fingerprint density at radius 3 is 2.75 bits per heavy atom. The molecule has 4 rings (SSSR count). The van der Waals surface area contributed by atoms with Crippen molar-refractivity contribution in [3.63, 3.8) is 0 Å². The van der Waals surface area contributed by atoms with Gasteiger partial charge in [0.1, 0.15) is 16.5 Å². The van der Waals surface area contributed by atoms with Crippen LogP contribution in [0.15, 0.2) is 53.4 Å². The molecule has 1 aliphatic rings. The fourth-order valence-corrected chi connectivity index (χ4v) is 5.00. The van der Waals surface area contributed by atoms with Gasteiger partial charge in [-0.3, -0.25) is 9.59 Å². The SMILES string of the molecule is COc1ccc(OC)c(N2C[C@H](C(=O)Nc3nnc(CSc4ccccc4)s3)CC2=O)c1. The summed E-state index contributed by atoms with van der Waals surface area (Å²) in [7, 11) is 3.10. The number of carbonyl (C=O) groups is 2. The van der Waals surface area contributed by atoms with Crippen LogP contribution in [0.3, 0.4) is 0 Å². The molecule has 3 aromatic rings. The highest BCUT2D eigenvalue weighted by Gasteiger charge is 2.36. The predicted molar refractivity (Wildman–Crippen MR) is 125 cm³/mol. The third kappa shape index (κ3) is 5.03. The summed E-state index contributed by atoms with van der Waals surface area (Å²) in [6.07, 6.45) is 0.113. The Bertz CT molecular complexity index is 1110. The predicted octanol–water partition coefficient (Wildman–Crippen LogP) is 3.84. The van der Waals surface area contributed by atoms with E-state index in [1.807, 2.05) is 30.3 Å². The number of benzene rings is 2. The van der Waals surface area contributed by atoms with Gasteiger partial charge in [0.2, 0.25) is 16.9 Å². The van der Waals surface area contributed by atoms with Gasteiger partial charge >= 0.3 is 0 Å². The molecular formula is C22H22N4O4S2. The number of thioether (sulfide) groups is 1. The summed E-state index contributed by atoms with van der Waals surface area (Å²) in [6.45, 7) is 0.254. The zero-order chi connectivity index (χ0) is 22.5. The normalized spacial score (nSPS) is 15.6. The Morgan fingerprint density at radius 2 is 2.00 bits per heavy atom. The Hall–Kier alpha value is -3.11. The van der Waals surface area contributed by atoms with Crippen LogP contribution in [0.1, 0.15) is 11.4 Å². The molecule has 2 amide bonds. The van der Waals surface area contributed by atoms with Crippen molar-refractivity contribution in [3.8, 4) is 11.5 Å². The van der Waals surface area contributed by atoms with Crippen LogP contribution in [0.25, 0.3) is 0 Å². The first-order valence-electron chi connectivity index (χ1n) is 9.91. The number of ether oxygens (including phenoxy) is 2. The molecular weight excluding hydrogens is 448 g/mol. The zero-order valence-electron chi connectivity index (χ0n) is 17.6. The average molecular weight is 471 g/mol. The second-order valence-electron chi connectivity index (χ2n) is 7.04. The van der Waals surface area contributed by atoms with Crippen LogP contribution in [0.2, 0.25) is 0 Å². The van der Waals surface area contributed by atoms with E-state index in [4.69, 9.17) is 9.47 Å². The molecule has 1 N–H and O–H groups in total. The monoisotopic (exact) mass is 470 g/mol. The maximum Gasteiger partial charge on any atom is 0.231 e. The van der Waals surface area contributed by atoms with Crippen LogP contribution in [-0.2, 0) is 15.3 Å². The minimum atomic E-state index is -0.496. The Morgan fingerprint density at radius 1 is 1.19 bits per heavy atom. The number of nitrogens with one attached hydrogen (secondary N) is 1. The number of hydrogen-bond acceptors (Lipinski definition) is 8. The van der Waals surface area contributed by atoms with Gasteiger partial charge in [-0.2, -0.15) is 0 Å². The van der Waals surface area contributed by atoms with E-state index in [-0.39, 0.29) is 24.8 Å². The molecule has 2 heterocycles. The van der Waals surface area contributed by atoms with E-state index in [2.05, 4.69) is 15.5 Å². The average Bonchev–Trinajstić information content (AvgIpc) is 3.44. The van der Waals surface area contributed by atoms with E-state index < -0.39 is 5.92 Å². The van der Waals surface area contributed by atoms with Crippen molar-refractivity contribution >= 4 is 45.7 Å². The molecule has 1 fully saturated rings. The van der Waals surface area contributed by atoms with Crippen molar-refractivity contribution in [2.45, 2.75) is 17.1 Å². The highest BCUT2D eigenvalue weighted by molar-refractivity contribution is 7.98. The van der Waals surface area contributed by atoms with Crippen molar-refractivity contribution in [2.75, 3.05) is 31.0 Å². The van der Waals surface area contributed by atoms with Gasteiger partial charge in [0.05, 0.1) is 31.6 Å². The van der Waals surface area contributed by atoms with E-state index in [0.717, 1.165) is 9.90 Å². The largest absolute Gasteiger partial charge is 0.497 e. The number of hydrogen-bond donors (Lipinski definition) is 1. The number of methoxy groups -OCH3 is 2. The second kappa shape index (κ2) is 10.0. The third-order valence-corrected chi connectivity index (χ3v) is 7.02. The van der Waals surface area contributed by atoms with Crippen molar-refractivity contribution in [3.05, 3.63) is 53.5 Å². The van der Waals surface area contributed by atoms with Crippen LogP contribution in [0.4, 0.5) is 10.8 Å². The molecule has 10 heteroatoms. The highest BCUT2D eigenvalue weighted by atomic mass is 32.2. The molecule has 0 bridgehead atoms. The van der Waals surface area contributed by atoms with E-state index in [9.17, 15) is 9.59 Å². The molecule has 32 heavy (non-hydrogen) atoms. The summed E-state index contributed by atoms with van der Waals surface area (Å²) in [5.41, 5.74) is 0.586. The lowest BCUT2D eigenvalue weighted by molar-refractivity contribution is -0.122. The van der Waals surface area contributed by atoms with Crippen molar-refractivity contribution in [1.82, 2.24) is 10.2 Å². The van der Waals surface area contributed by atoms with Gasteiger partial charge < -0.3 is 19.7 Å². The van der Waals surface area contributed by atoms with E-state index in [1.54, 1.807) is 49.1 Å². The summed E-state index contributed by atoms with van der Waals surface area (Å²) in [6, 6.07) is 15.3. The van der Waals surface area contributed by atoms with Crippen LogP contribution in [0.5, 0.6) is 11.5 Å². The molecule has 0 radical (unpaired) electrons. The third-order valence-electron chi connectivity index (χ3n) is 4.98. The number of anilines is 2. The highest BCUT2D eigenvalue weighted by Crippen LogP contribution is 2.36. The topological polar surface area (TPSA) is 93.7 Å². The number of amides is 2. The standard InChI is InChI=1S/C22H22N4O4S2/c1-29-15-8-9-18(30-2)17(11-15)26-12-14(10-20(26)27)21(28)23-22-25-24-19(32-22)13-31-16-6-4-3-5-7-16/h3-9,11,14H,10,12-13H2,1-2H3,(H,23,25,28)/t14-/m1/s1. The lowest BCUT2D eigenvalue weighted by atomic mass is 10.1. The molecule has 1 aliphatic heterocycles. The molecule has 0 spiro atoms. The first-order valence-corrected chi connectivity index (χ1v) is 11.7. The van der Waals surface area contributed by atoms with E-state index in [1.165, 1.54) is 11.3 Å². The minimum Gasteiger partial charge on any atom is -0.497 e. The van der Waals surface area contributed by atoms with Gasteiger partial charge in [-0.05, 0) is 24.3 Å². The maximum atomic E-state index is 12.8. The second-order valence-corrected chi connectivity index (χ2v) is 9.15. The van der Waals surface area contributed by atoms with E-state index in [0.29, 0.717) is 28.1 Å². The molecule has 166 valence electrons. The molecule has 0 saturated carbocycles. The van der Waals surface area contributed by atoms with Gasteiger partial charge in [-0.25, -0.2) is 0 Å². The molecule has 2 aromatic carbocycles. The van der Waals surface area contributed by atoms with Gasteiger partial charge in [-0.15, -0.1) is 22.0 Å². The number of rotatable bonds is 8. The number of nitrogens with zero attached hydrogens (tertiary/aromatic N) is 3. The smallest absolute Gasteiger partial charge is 0.231 e. The summed E-state index contributed by atoms with van der Waals surface area (Å²) in [5.74, 6) is 0.934. The van der Waals surface area contributed by atoms with Crippen molar-refractivity contribution in [1.29, 1.82) is 0 Å². The number of aromatic nitrogens is 2. The molecule has 8 nitrogen and oxygen atoms in total. The first-order chi connectivity index (χ1) is 15.6. The lowest BCUT2D eigenvalue weighted by Gasteiger charge is -2.20. The van der Waals surface area contributed by atoms with Crippen molar-refractivity contribution in [2.24, 2.45) is 5.92 Å². The number of carbonyl (C=O) groups excluding carboxylic acids is 2. The zero-order valence-corrected chi connectivity index (χ0v) is 19.2. The van der Waals surface area contributed by atoms with Crippen LogP contribution in [0, 0.1) is 5.92 Å². The molecule has 1 aromatic heterocycles. The lowest BCUT2D eigenvalue weighted by Crippen LogP contribution is -2.28. The Kier molecular flexibility index (Phi) is 6.91. The summed E-state index contributed by atoms with van der Waals surface area (Å²) in [4.78, 5) is 28.2. The maximum absolute atomic E-state index is 12.8. The summed E-state index contributed by atoms with van der Waals surface area (Å²) < 4.78 is 10.7. The molecule has 1 saturated heterocycles. The Balaban J connectivity index is 1.38. The molecule has 1 atom stereocenters. The van der Waals surface area contributed by atoms with E-state index >= 15 is 0 Å². The molecule has 0 aliphatic carbocycles. The summed E-state index contributed by atoms with van der Waals surface area (Å²) in [5, 5.41) is 12.3. The fourth-order valence-electron chi connectivity index (χ4n) is 3.36. The quantitative estimate of drug-likeness (QED) is 0.500. The fraction of sp³-hybridized carbons (Fsp3) is 0.273. The first kappa shape index (κ1) is 22.1. The van der Waals surface area contributed by atoms with Gasteiger partial charge in [-0.1, -0.05) is 29.5 Å².